The van der Waals surface area contributed by atoms with Gasteiger partial charge in [0.25, 0.3) is 11.7 Å². The number of nitrogens with zero attached hydrogens (tertiary/aromatic N) is 1. The number of aliphatic hydroxyl groups excluding tert-OH is 1. The summed E-state index contributed by atoms with van der Waals surface area (Å²) in [7, 11) is 1.59. The van der Waals surface area contributed by atoms with Gasteiger partial charge in [0.1, 0.15) is 17.3 Å². The van der Waals surface area contributed by atoms with Crippen LogP contribution in [0.4, 0.5) is 0 Å². The molecule has 6 heteroatoms. The zero-order chi connectivity index (χ0) is 27.6. The van der Waals surface area contributed by atoms with Gasteiger partial charge in [-0.2, -0.15) is 0 Å². The van der Waals surface area contributed by atoms with Crippen LogP contribution in [-0.4, -0.2) is 34.9 Å². The quantitative estimate of drug-likeness (QED) is 0.225. The molecule has 198 valence electrons. The Balaban J connectivity index is 1.79. The number of hydrogen-bond donors (Lipinski definition) is 1. The molecule has 4 rings (SSSR count). The van der Waals surface area contributed by atoms with Crippen LogP contribution in [0.25, 0.3) is 5.76 Å². The molecule has 1 aliphatic heterocycles. The van der Waals surface area contributed by atoms with Crippen molar-refractivity contribution in [2.75, 3.05) is 7.11 Å². The van der Waals surface area contributed by atoms with Crippen molar-refractivity contribution in [3.8, 4) is 11.5 Å². The van der Waals surface area contributed by atoms with E-state index in [0.717, 1.165) is 16.7 Å². The van der Waals surface area contributed by atoms with Gasteiger partial charge in [-0.3, -0.25) is 9.59 Å². The zero-order valence-electron chi connectivity index (χ0n) is 22.8. The Morgan fingerprint density at radius 1 is 0.895 bits per heavy atom. The molecule has 0 spiro atoms. The molecule has 1 atom stereocenters. The molecular formula is C32H35NO5. The number of carbonyl (C=O) groups excluding carboxylic acids is 2. The van der Waals surface area contributed by atoms with E-state index in [-0.39, 0.29) is 29.4 Å². The Hall–Kier alpha value is -4.06. The number of rotatable bonds is 7. The Morgan fingerprint density at radius 3 is 2.00 bits per heavy atom. The Bertz CT molecular complexity index is 1330. The van der Waals surface area contributed by atoms with E-state index >= 15 is 0 Å². The first-order chi connectivity index (χ1) is 18.0. The van der Waals surface area contributed by atoms with E-state index < -0.39 is 17.7 Å². The van der Waals surface area contributed by atoms with Crippen molar-refractivity contribution in [3.05, 3.63) is 101 Å². The van der Waals surface area contributed by atoms with E-state index in [1.54, 1.807) is 31.4 Å². The van der Waals surface area contributed by atoms with Gasteiger partial charge in [0.05, 0.1) is 24.8 Å². The second kappa shape index (κ2) is 10.7. The third kappa shape index (κ3) is 5.59. The first-order valence-electron chi connectivity index (χ1n) is 12.8. The zero-order valence-corrected chi connectivity index (χ0v) is 22.8. The van der Waals surface area contributed by atoms with Crippen LogP contribution < -0.4 is 9.47 Å². The molecule has 1 saturated heterocycles. The predicted octanol–water partition coefficient (Wildman–Crippen LogP) is 6.40. The highest BCUT2D eigenvalue weighted by atomic mass is 16.5. The summed E-state index contributed by atoms with van der Waals surface area (Å²) in [5.74, 6) is -0.196. The minimum Gasteiger partial charge on any atom is -0.507 e. The van der Waals surface area contributed by atoms with Gasteiger partial charge in [0.2, 0.25) is 0 Å². The van der Waals surface area contributed by atoms with E-state index in [2.05, 4.69) is 20.8 Å². The summed E-state index contributed by atoms with van der Waals surface area (Å²) in [5, 5.41) is 11.4. The summed E-state index contributed by atoms with van der Waals surface area (Å²) in [4.78, 5) is 28.3. The van der Waals surface area contributed by atoms with E-state index in [9.17, 15) is 14.7 Å². The lowest BCUT2D eigenvalue weighted by molar-refractivity contribution is -0.140. The van der Waals surface area contributed by atoms with E-state index in [4.69, 9.17) is 9.47 Å². The van der Waals surface area contributed by atoms with Crippen molar-refractivity contribution in [3.63, 3.8) is 0 Å². The van der Waals surface area contributed by atoms with Crippen LogP contribution in [0.1, 0.15) is 62.9 Å². The minimum absolute atomic E-state index is 0.00814. The number of hydrogen-bond acceptors (Lipinski definition) is 5. The number of ether oxygens (including phenoxy) is 2. The molecule has 0 aliphatic carbocycles. The molecule has 1 heterocycles. The van der Waals surface area contributed by atoms with Crippen LogP contribution in [0.3, 0.4) is 0 Å². The first-order valence-corrected chi connectivity index (χ1v) is 12.8. The van der Waals surface area contributed by atoms with Gasteiger partial charge < -0.3 is 19.5 Å². The summed E-state index contributed by atoms with van der Waals surface area (Å²) >= 11 is 0. The average Bonchev–Trinajstić information content (AvgIpc) is 3.13. The lowest BCUT2D eigenvalue weighted by atomic mass is 9.85. The van der Waals surface area contributed by atoms with Gasteiger partial charge in [0, 0.05) is 12.1 Å². The molecule has 3 aromatic carbocycles. The van der Waals surface area contributed by atoms with Crippen LogP contribution in [0.2, 0.25) is 0 Å². The summed E-state index contributed by atoms with van der Waals surface area (Å²) in [6.07, 6.45) is 0.00814. The maximum absolute atomic E-state index is 13.4. The smallest absolute Gasteiger partial charge is 0.295 e. The maximum Gasteiger partial charge on any atom is 0.295 e. The van der Waals surface area contributed by atoms with Crippen LogP contribution in [-0.2, 0) is 21.5 Å². The summed E-state index contributed by atoms with van der Waals surface area (Å²) < 4.78 is 11.0. The molecule has 0 radical (unpaired) electrons. The molecule has 0 aromatic heterocycles. The summed E-state index contributed by atoms with van der Waals surface area (Å²) in [5.41, 5.74) is 3.20. The lowest BCUT2D eigenvalue weighted by Crippen LogP contribution is -2.29. The van der Waals surface area contributed by atoms with Gasteiger partial charge in [-0.05, 0) is 72.4 Å². The van der Waals surface area contributed by atoms with Crippen molar-refractivity contribution in [2.24, 2.45) is 0 Å². The highest BCUT2D eigenvalue weighted by Gasteiger charge is 2.46. The normalized spacial score (nSPS) is 17.2. The number of ketones is 1. The van der Waals surface area contributed by atoms with E-state index in [1.807, 2.05) is 62.4 Å². The highest BCUT2D eigenvalue weighted by molar-refractivity contribution is 6.46. The van der Waals surface area contributed by atoms with Crippen molar-refractivity contribution in [1.82, 2.24) is 4.90 Å². The Labute approximate surface area is 224 Å². The molecule has 6 nitrogen and oxygen atoms in total. The molecule has 0 saturated carbocycles. The first kappa shape index (κ1) is 27.0. The standard InChI is InChI=1S/C32H35NO5/c1-20(2)38-26-17-11-23(12-18-26)29(34)27-28(22-9-13-24(14-10-22)32(3,4)5)33(31(36)30(27)35)19-21-7-15-25(37-6)16-8-21/h7-18,20,28,34H,19H2,1-6H3/b29-27-. The topological polar surface area (TPSA) is 76.1 Å². The van der Waals surface area contributed by atoms with Crippen molar-refractivity contribution >= 4 is 17.4 Å². The fourth-order valence-electron chi connectivity index (χ4n) is 4.60. The lowest BCUT2D eigenvalue weighted by Gasteiger charge is -2.26. The summed E-state index contributed by atoms with van der Waals surface area (Å²) in [6, 6.07) is 21.4. The van der Waals surface area contributed by atoms with Crippen LogP contribution in [0.15, 0.2) is 78.4 Å². The fraction of sp³-hybridized carbons (Fsp3) is 0.312. The van der Waals surface area contributed by atoms with E-state index in [1.165, 1.54) is 4.90 Å². The molecule has 0 bridgehead atoms. The molecule has 1 fully saturated rings. The van der Waals surface area contributed by atoms with Gasteiger partial charge in [-0.1, -0.05) is 57.2 Å². The van der Waals surface area contributed by atoms with Gasteiger partial charge in [0.15, 0.2) is 0 Å². The van der Waals surface area contributed by atoms with Gasteiger partial charge >= 0.3 is 0 Å². The molecule has 1 amide bonds. The molecule has 1 unspecified atom stereocenters. The third-order valence-electron chi connectivity index (χ3n) is 6.64. The predicted molar refractivity (Wildman–Crippen MR) is 148 cm³/mol. The number of likely N-dealkylation sites (tertiary alicyclic amines) is 1. The molecular weight excluding hydrogens is 478 g/mol. The van der Waals surface area contributed by atoms with Crippen molar-refractivity contribution < 1.29 is 24.2 Å². The fourth-order valence-corrected chi connectivity index (χ4v) is 4.60. The highest BCUT2D eigenvalue weighted by Crippen LogP contribution is 2.41. The largest absolute Gasteiger partial charge is 0.507 e. The Morgan fingerprint density at radius 2 is 1.47 bits per heavy atom. The second-order valence-corrected chi connectivity index (χ2v) is 10.8. The van der Waals surface area contributed by atoms with Crippen molar-refractivity contribution in [2.45, 2.75) is 58.7 Å². The number of aliphatic hydroxyl groups is 1. The number of benzene rings is 3. The van der Waals surface area contributed by atoms with Gasteiger partial charge in [-0.15, -0.1) is 0 Å². The van der Waals surface area contributed by atoms with E-state index in [0.29, 0.717) is 17.1 Å². The van der Waals surface area contributed by atoms with Crippen LogP contribution in [0, 0.1) is 0 Å². The summed E-state index contributed by atoms with van der Waals surface area (Å²) in [6.45, 7) is 10.5. The monoisotopic (exact) mass is 513 g/mol. The molecule has 1 aliphatic rings. The Kier molecular flexibility index (Phi) is 7.63. The third-order valence-corrected chi connectivity index (χ3v) is 6.64. The average molecular weight is 514 g/mol. The molecule has 3 aromatic rings. The molecule has 38 heavy (non-hydrogen) atoms. The van der Waals surface area contributed by atoms with Crippen LogP contribution in [0.5, 0.6) is 11.5 Å². The number of methoxy groups -OCH3 is 1. The maximum atomic E-state index is 13.4. The van der Waals surface area contributed by atoms with Crippen molar-refractivity contribution in [1.29, 1.82) is 0 Å². The van der Waals surface area contributed by atoms with Gasteiger partial charge in [-0.25, -0.2) is 0 Å². The number of carbonyl (C=O) groups is 2. The number of amides is 1. The number of Topliss-reactive ketones (excluding diaryl/α,β-unsaturated/α-hetero) is 1. The SMILES string of the molecule is COc1ccc(CN2C(=O)C(=O)/C(=C(\O)c3ccc(OC(C)C)cc3)C2c2ccc(C(C)(C)C)cc2)cc1. The van der Waals surface area contributed by atoms with Crippen LogP contribution >= 0.6 is 0 Å². The second-order valence-electron chi connectivity index (χ2n) is 10.8. The molecule has 1 N–H and O–H groups in total. The minimum atomic E-state index is -0.738.